The zero-order valence-corrected chi connectivity index (χ0v) is 11.2. The van der Waals surface area contributed by atoms with Crippen LogP contribution in [-0.2, 0) is 14.8 Å². The summed E-state index contributed by atoms with van der Waals surface area (Å²) in [6.07, 6.45) is 0. The lowest BCUT2D eigenvalue weighted by Gasteiger charge is -2.21. The van der Waals surface area contributed by atoms with E-state index in [2.05, 4.69) is 0 Å². The number of carbonyl (C=O) groups is 1. The SMILES string of the molecule is C[C@@H](C(=O)O)N(C)S(=O)(=O)c1cc(F)cc(Cl)c1. The first kappa shape index (κ1) is 14.9. The molecule has 0 heterocycles. The van der Waals surface area contributed by atoms with Gasteiger partial charge >= 0.3 is 5.97 Å². The Kier molecular flexibility index (Phi) is 4.31. The van der Waals surface area contributed by atoms with Crippen LogP contribution in [0.5, 0.6) is 0 Å². The summed E-state index contributed by atoms with van der Waals surface area (Å²) in [5, 5.41) is 8.69. The van der Waals surface area contributed by atoms with Crippen LogP contribution in [0.4, 0.5) is 4.39 Å². The van der Waals surface area contributed by atoms with E-state index in [1.165, 1.54) is 6.92 Å². The van der Waals surface area contributed by atoms with Crippen molar-refractivity contribution in [1.29, 1.82) is 0 Å². The Morgan fingerprint density at radius 1 is 1.44 bits per heavy atom. The monoisotopic (exact) mass is 295 g/mol. The Morgan fingerprint density at radius 3 is 2.44 bits per heavy atom. The fourth-order valence-electron chi connectivity index (χ4n) is 1.21. The van der Waals surface area contributed by atoms with E-state index in [1.807, 2.05) is 0 Å². The van der Waals surface area contributed by atoms with Crippen molar-refractivity contribution in [1.82, 2.24) is 4.31 Å². The number of sulfonamides is 1. The van der Waals surface area contributed by atoms with Gasteiger partial charge in [-0.05, 0) is 25.1 Å². The smallest absolute Gasteiger partial charge is 0.321 e. The van der Waals surface area contributed by atoms with Crippen molar-refractivity contribution in [2.24, 2.45) is 0 Å². The fraction of sp³-hybridized carbons (Fsp3) is 0.300. The van der Waals surface area contributed by atoms with Crippen molar-refractivity contribution >= 4 is 27.6 Å². The molecule has 0 radical (unpaired) electrons. The molecule has 1 aromatic carbocycles. The lowest BCUT2D eigenvalue weighted by molar-refractivity contribution is -0.140. The number of halogens is 2. The van der Waals surface area contributed by atoms with Gasteiger partial charge in [-0.3, -0.25) is 4.79 Å². The van der Waals surface area contributed by atoms with Gasteiger partial charge in [0.05, 0.1) is 4.90 Å². The van der Waals surface area contributed by atoms with Crippen molar-refractivity contribution < 1.29 is 22.7 Å². The Labute approximate surface area is 109 Å². The third kappa shape index (κ3) is 2.98. The average molecular weight is 296 g/mol. The number of likely N-dealkylation sites (N-methyl/N-ethyl adjacent to an activating group) is 1. The van der Waals surface area contributed by atoms with Crippen LogP contribution in [0.25, 0.3) is 0 Å². The number of carboxylic acid groups (broad SMARTS) is 1. The van der Waals surface area contributed by atoms with Crippen LogP contribution in [0.3, 0.4) is 0 Å². The summed E-state index contributed by atoms with van der Waals surface area (Å²) in [7, 11) is -3.00. The predicted octanol–water partition coefficient (Wildman–Crippen LogP) is 1.57. The lowest BCUT2D eigenvalue weighted by atomic mass is 10.3. The molecule has 100 valence electrons. The van der Waals surface area contributed by atoms with Gasteiger partial charge in [-0.25, -0.2) is 12.8 Å². The normalized spacial score (nSPS) is 13.6. The zero-order chi connectivity index (χ0) is 14.1. The van der Waals surface area contributed by atoms with Crippen molar-refractivity contribution in [2.75, 3.05) is 7.05 Å². The van der Waals surface area contributed by atoms with Gasteiger partial charge in [0.15, 0.2) is 0 Å². The second kappa shape index (κ2) is 5.21. The summed E-state index contributed by atoms with van der Waals surface area (Å²) in [6, 6.07) is 1.54. The number of hydrogen-bond donors (Lipinski definition) is 1. The van der Waals surface area contributed by atoms with Crippen LogP contribution in [0.15, 0.2) is 23.1 Å². The maximum absolute atomic E-state index is 13.1. The van der Waals surface area contributed by atoms with Gasteiger partial charge in [-0.15, -0.1) is 0 Å². The highest BCUT2D eigenvalue weighted by molar-refractivity contribution is 7.89. The Bertz CT molecular complexity index is 555. The zero-order valence-electron chi connectivity index (χ0n) is 9.59. The number of rotatable bonds is 4. The van der Waals surface area contributed by atoms with E-state index in [0.29, 0.717) is 4.31 Å². The van der Waals surface area contributed by atoms with E-state index in [1.54, 1.807) is 0 Å². The van der Waals surface area contributed by atoms with Crippen LogP contribution >= 0.6 is 11.6 Å². The molecule has 0 bridgehead atoms. The van der Waals surface area contributed by atoms with Crippen LogP contribution in [-0.4, -0.2) is 36.9 Å². The summed E-state index contributed by atoms with van der Waals surface area (Å²) in [6.45, 7) is 1.21. The molecule has 1 N–H and O–H groups in total. The van der Waals surface area contributed by atoms with Crippen LogP contribution in [0.1, 0.15) is 6.92 Å². The van der Waals surface area contributed by atoms with Gasteiger partial charge in [-0.2, -0.15) is 4.31 Å². The molecule has 0 aliphatic rings. The first-order valence-electron chi connectivity index (χ1n) is 4.83. The van der Waals surface area contributed by atoms with Crippen LogP contribution < -0.4 is 0 Å². The molecule has 0 aliphatic heterocycles. The van der Waals surface area contributed by atoms with Gasteiger partial charge in [0.1, 0.15) is 11.9 Å². The molecule has 1 rings (SSSR count). The topological polar surface area (TPSA) is 74.7 Å². The van der Waals surface area contributed by atoms with Gasteiger partial charge in [0, 0.05) is 12.1 Å². The lowest BCUT2D eigenvalue weighted by Crippen LogP contribution is -2.40. The highest BCUT2D eigenvalue weighted by atomic mass is 35.5. The molecule has 0 saturated carbocycles. The Hall–Kier alpha value is -1.18. The molecule has 0 aromatic heterocycles. The van der Waals surface area contributed by atoms with E-state index in [-0.39, 0.29) is 9.92 Å². The number of benzene rings is 1. The molecule has 0 aliphatic carbocycles. The summed E-state index contributed by atoms with van der Waals surface area (Å²) < 4.78 is 37.8. The largest absolute Gasteiger partial charge is 0.480 e. The third-order valence-electron chi connectivity index (χ3n) is 2.42. The summed E-state index contributed by atoms with van der Waals surface area (Å²) in [4.78, 5) is 10.4. The highest BCUT2D eigenvalue weighted by Gasteiger charge is 2.29. The maximum atomic E-state index is 13.1. The highest BCUT2D eigenvalue weighted by Crippen LogP contribution is 2.22. The second-order valence-electron chi connectivity index (χ2n) is 3.64. The van der Waals surface area contributed by atoms with Crippen molar-refractivity contribution in [3.8, 4) is 0 Å². The molecule has 1 atom stereocenters. The van der Waals surface area contributed by atoms with Crippen LogP contribution in [0, 0.1) is 5.82 Å². The van der Waals surface area contributed by atoms with Crippen molar-refractivity contribution in [3.63, 3.8) is 0 Å². The molecule has 0 saturated heterocycles. The molecule has 0 spiro atoms. The van der Waals surface area contributed by atoms with E-state index >= 15 is 0 Å². The first-order valence-corrected chi connectivity index (χ1v) is 6.65. The molecule has 18 heavy (non-hydrogen) atoms. The van der Waals surface area contributed by atoms with E-state index in [0.717, 1.165) is 25.2 Å². The van der Waals surface area contributed by atoms with Gasteiger partial charge in [-0.1, -0.05) is 11.6 Å². The van der Waals surface area contributed by atoms with Crippen molar-refractivity contribution in [2.45, 2.75) is 17.9 Å². The number of aliphatic carboxylic acids is 1. The molecular weight excluding hydrogens is 285 g/mol. The first-order chi connectivity index (χ1) is 8.16. The third-order valence-corrected chi connectivity index (χ3v) is 4.54. The van der Waals surface area contributed by atoms with Gasteiger partial charge in [0.2, 0.25) is 10.0 Å². The molecule has 8 heteroatoms. The van der Waals surface area contributed by atoms with Crippen molar-refractivity contribution in [3.05, 3.63) is 29.0 Å². The number of hydrogen-bond acceptors (Lipinski definition) is 3. The van der Waals surface area contributed by atoms with Crippen LogP contribution in [0.2, 0.25) is 5.02 Å². The minimum Gasteiger partial charge on any atom is -0.480 e. The molecule has 1 aromatic rings. The standard InChI is InChI=1S/C10H11ClFNO4S/c1-6(10(14)15)13(2)18(16,17)9-4-7(11)3-8(12)5-9/h3-6H,1-2H3,(H,14,15)/t6-/m0/s1. The number of carboxylic acids is 1. The Balaban J connectivity index is 3.25. The molecule has 0 amide bonds. The average Bonchev–Trinajstić information content (AvgIpc) is 2.25. The fourth-order valence-corrected chi connectivity index (χ4v) is 2.87. The second-order valence-corrected chi connectivity index (χ2v) is 6.07. The van der Waals surface area contributed by atoms with Gasteiger partial charge < -0.3 is 5.11 Å². The quantitative estimate of drug-likeness (QED) is 0.915. The summed E-state index contributed by atoms with van der Waals surface area (Å²) in [5.74, 6) is -2.11. The molecular formula is C10H11ClFNO4S. The molecule has 5 nitrogen and oxygen atoms in total. The molecule has 0 unspecified atom stereocenters. The summed E-state index contributed by atoms with van der Waals surface area (Å²) >= 11 is 5.56. The summed E-state index contributed by atoms with van der Waals surface area (Å²) in [5.41, 5.74) is 0. The minimum atomic E-state index is -4.10. The number of nitrogens with zero attached hydrogens (tertiary/aromatic N) is 1. The molecule has 0 fully saturated rings. The van der Waals surface area contributed by atoms with Gasteiger partial charge in [0.25, 0.3) is 0 Å². The Morgan fingerprint density at radius 2 is 2.00 bits per heavy atom. The maximum Gasteiger partial charge on any atom is 0.321 e. The predicted molar refractivity (Wildman–Crippen MR) is 63.5 cm³/mol. The van der Waals surface area contributed by atoms with E-state index in [9.17, 15) is 17.6 Å². The van der Waals surface area contributed by atoms with E-state index < -0.39 is 27.9 Å². The minimum absolute atomic E-state index is 0.0787. The van der Waals surface area contributed by atoms with E-state index in [4.69, 9.17) is 16.7 Å².